The molecule has 1 aliphatic heterocycles. The number of piperidine rings is 1. The number of benzene rings is 1. The fraction of sp³-hybridized carbons (Fsp3) is 0.500. The number of nitrogens with zero attached hydrogens (tertiary/aromatic N) is 2. The van der Waals surface area contributed by atoms with E-state index in [2.05, 4.69) is 15.9 Å². The summed E-state index contributed by atoms with van der Waals surface area (Å²) >= 11 is 3.05. The van der Waals surface area contributed by atoms with E-state index in [1.807, 2.05) is 0 Å². The molecule has 1 fully saturated rings. The predicted octanol–water partition coefficient (Wildman–Crippen LogP) is 1.86. The van der Waals surface area contributed by atoms with E-state index in [-0.39, 0.29) is 27.6 Å². The van der Waals surface area contributed by atoms with Gasteiger partial charge >= 0.3 is 0 Å². The van der Waals surface area contributed by atoms with E-state index in [9.17, 15) is 18.5 Å². The molecule has 0 aromatic heterocycles. The maximum absolute atomic E-state index is 12.7. The van der Waals surface area contributed by atoms with Gasteiger partial charge in [0.25, 0.3) is 5.69 Å². The summed E-state index contributed by atoms with van der Waals surface area (Å²) in [4.78, 5) is 10.3. The summed E-state index contributed by atoms with van der Waals surface area (Å²) in [6.07, 6.45) is 2.49. The van der Waals surface area contributed by atoms with Gasteiger partial charge < -0.3 is 5.73 Å². The number of hydrogen-bond acceptors (Lipinski definition) is 5. The van der Waals surface area contributed by atoms with Gasteiger partial charge in [-0.15, -0.1) is 0 Å². The zero-order chi connectivity index (χ0) is 15.6. The van der Waals surface area contributed by atoms with Crippen molar-refractivity contribution in [3.63, 3.8) is 0 Å². The first-order chi connectivity index (χ1) is 9.87. The number of sulfonamides is 1. The van der Waals surface area contributed by atoms with Gasteiger partial charge in [0.1, 0.15) is 0 Å². The summed E-state index contributed by atoms with van der Waals surface area (Å²) < 4.78 is 26.9. The molecule has 0 radical (unpaired) electrons. The van der Waals surface area contributed by atoms with Crippen molar-refractivity contribution in [1.82, 2.24) is 4.31 Å². The first-order valence-electron chi connectivity index (χ1n) is 6.53. The largest absolute Gasteiger partial charge is 0.329 e. The van der Waals surface area contributed by atoms with Crippen LogP contribution in [0.15, 0.2) is 27.6 Å². The lowest BCUT2D eigenvalue weighted by molar-refractivity contribution is -0.385. The fourth-order valence-corrected chi connectivity index (χ4v) is 4.86. The third kappa shape index (κ3) is 3.25. The minimum absolute atomic E-state index is 0.0420. The number of nitro benzene ring substituents is 1. The molecule has 1 aliphatic rings. The van der Waals surface area contributed by atoms with E-state index >= 15 is 0 Å². The lowest BCUT2D eigenvalue weighted by Gasteiger charge is -2.33. The van der Waals surface area contributed by atoms with Crippen molar-refractivity contribution in [2.45, 2.75) is 30.2 Å². The zero-order valence-corrected chi connectivity index (χ0v) is 13.6. The second kappa shape index (κ2) is 6.39. The van der Waals surface area contributed by atoms with E-state index in [4.69, 9.17) is 5.73 Å². The van der Waals surface area contributed by atoms with Crippen LogP contribution >= 0.6 is 15.9 Å². The monoisotopic (exact) mass is 377 g/mol. The second-order valence-corrected chi connectivity index (χ2v) is 7.62. The summed E-state index contributed by atoms with van der Waals surface area (Å²) in [6.45, 7) is 0.701. The van der Waals surface area contributed by atoms with E-state index < -0.39 is 14.9 Å². The standard InChI is InChI=1S/C12H16BrN3O4S/c13-11-7-10(4-5-12(11)16(17)18)21(19,20)15-6-2-1-3-9(15)8-14/h4-5,7,9H,1-3,6,8,14H2. The highest BCUT2D eigenvalue weighted by molar-refractivity contribution is 9.10. The molecule has 2 N–H and O–H groups in total. The van der Waals surface area contributed by atoms with Crippen molar-refractivity contribution >= 4 is 31.6 Å². The molecule has 0 spiro atoms. The van der Waals surface area contributed by atoms with Crippen molar-refractivity contribution < 1.29 is 13.3 Å². The summed E-state index contributed by atoms with van der Waals surface area (Å²) in [5.74, 6) is 0. The van der Waals surface area contributed by atoms with Crippen LogP contribution in [0.4, 0.5) is 5.69 Å². The van der Waals surface area contributed by atoms with Crippen LogP contribution in [-0.2, 0) is 10.0 Å². The summed E-state index contributed by atoms with van der Waals surface area (Å²) in [6, 6.07) is 3.52. The minimum atomic E-state index is -3.69. The molecule has 1 unspecified atom stereocenters. The van der Waals surface area contributed by atoms with Gasteiger partial charge in [-0.1, -0.05) is 6.42 Å². The predicted molar refractivity (Wildman–Crippen MR) is 81.4 cm³/mol. The van der Waals surface area contributed by atoms with Crippen molar-refractivity contribution in [3.8, 4) is 0 Å². The molecule has 1 aromatic carbocycles. The molecular formula is C12H16BrN3O4S. The molecule has 1 saturated heterocycles. The maximum Gasteiger partial charge on any atom is 0.283 e. The van der Waals surface area contributed by atoms with Gasteiger partial charge in [0, 0.05) is 25.2 Å². The fourth-order valence-electron chi connectivity index (χ4n) is 2.46. The third-order valence-corrected chi connectivity index (χ3v) is 6.15. The van der Waals surface area contributed by atoms with E-state index in [1.165, 1.54) is 22.5 Å². The van der Waals surface area contributed by atoms with Crippen LogP contribution in [0, 0.1) is 10.1 Å². The SMILES string of the molecule is NCC1CCCCN1S(=O)(=O)c1ccc([N+](=O)[O-])c(Br)c1. The molecule has 0 amide bonds. The summed E-state index contributed by atoms with van der Waals surface area (Å²) in [5, 5.41) is 10.8. The third-order valence-electron chi connectivity index (χ3n) is 3.57. The molecule has 9 heteroatoms. The molecule has 0 bridgehead atoms. The molecule has 21 heavy (non-hydrogen) atoms. The van der Waals surface area contributed by atoms with Crippen LogP contribution in [0.25, 0.3) is 0 Å². The smallest absolute Gasteiger partial charge is 0.283 e. The van der Waals surface area contributed by atoms with Crippen molar-refractivity contribution in [2.24, 2.45) is 5.73 Å². The van der Waals surface area contributed by atoms with Gasteiger partial charge in [-0.05, 0) is 40.9 Å². The Kier molecular flexibility index (Phi) is 4.97. The maximum atomic E-state index is 12.7. The highest BCUT2D eigenvalue weighted by Crippen LogP contribution is 2.30. The highest BCUT2D eigenvalue weighted by Gasteiger charge is 2.33. The van der Waals surface area contributed by atoms with Crippen molar-refractivity contribution in [1.29, 1.82) is 0 Å². The lowest BCUT2D eigenvalue weighted by Crippen LogP contribution is -2.47. The molecule has 0 saturated carbocycles. The Hall–Kier alpha value is -1.03. The van der Waals surface area contributed by atoms with E-state index in [0.717, 1.165) is 19.3 Å². The van der Waals surface area contributed by atoms with Gasteiger partial charge in [-0.2, -0.15) is 4.31 Å². The first-order valence-corrected chi connectivity index (χ1v) is 8.77. The minimum Gasteiger partial charge on any atom is -0.329 e. The van der Waals surface area contributed by atoms with Gasteiger partial charge in [-0.3, -0.25) is 10.1 Å². The zero-order valence-electron chi connectivity index (χ0n) is 11.2. The van der Waals surface area contributed by atoms with Crippen LogP contribution in [-0.4, -0.2) is 36.8 Å². The number of rotatable bonds is 4. The van der Waals surface area contributed by atoms with Gasteiger partial charge in [-0.25, -0.2) is 8.42 Å². The normalized spacial score (nSPS) is 20.4. The van der Waals surface area contributed by atoms with Crippen LogP contribution in [0.2, 0.25) is 0 Å². The molecule has 1 aromatic rings. The molecular weight excluding hydrogens is 362 g/mol. The highest BCUT2D eigenvalue weighted by atomic mass is 79.9. The average molecular weight is 378 g/mol. The number of hydrogen-bond donors (Lipinski definition) is 1. The van der Waals surface area contributed by atoms with Gasteiger partial charge in [0.15, 0.2) is 0 Å². The molecule has 116 valence electrons. The number of nitro groups is 1. The van der Waals surface area contributed by atoms with Crippen molar-refractivity contribution in [3.05, 3.63) is 32.8 Å². The molecule has 0 aliphatic carbocycles. The van der Waals surface area contributed by atoms with Crippen LogP contribution in [0.3, 0.4) is 0 Å². The lowest BCUT2D eigenvalue weighted by atomic mass is 10.1. The Bertz CT molecular complexity index is 650. The Balaban J connectivity index is 2.39. The van der Waals surface area contributed by atoms with Crippen LogP contribution < -0.4 is 5.73 Å². The Labute approximate surface area is 131 Å². The van der Waals surface area contributed by atoms with E-state index in [0.29, 0.717) is 6.54 Å². The Morgan fingerprint density at radius 2 is 2.14 bits per heavy atom. The topological polar surface area (TPSA) is 107 Å². The quantitative estimate of drug-likeness (QED) is 0.636. The van der Waals surface area contributed by atoms with Gasteiger partial charge in [0.05, 0.1) is 14.3 Å². The Morgan fingerprint density at radius 1 is 1.43 bits per heavy atom. The van der Waals surface area contributed by atoms with Crippen LogP contribution in [0.1, 0.15) is 19.3 Å². The summed E-state index contributed by atoms with van der Waals surface area (Å²) in [7, 11) is -3.69. The summed E-state index contributed by atoms with van der Waals surface area (Å²) in [5.41, 5.74) is 5.49. The molecule has 2 rings (SSSR count). The van der Waals surface area contributed by atoms with Crippen molar-refractivity contribution in [2.75, 3.05) is 13.1 Å². The number of nitrogens with two attached hydrogens (primary N) is 1. The van der Waals surface area contributed by atoms with E-state index in [1.54, 1.807) is 0 Å². The Morgan fingerprint density at radius 3 is 2.71 bits per heavy atom. The molecule has 1 heterocycles. The van der Waals surface area contributed by atoms with Gasteiger partial charge in [0.2, 0.25) is 10.0 Å². The molecule has 1 atom stereocenters. The molecule has 7 nitrogen and oxygen atoms in total. The number of halogens is 1. The average Bonchev–Trinajstić information content (AvgIpc) is 2.46. The second-order valence-electron chi connectivity index (χ2n) is 4.87. The van der Waals surface area contributed by atoms with Crippen LogP contribution in [0.5, 0.6) is 0 Å². The first kappa shape index (κ1) is 16.3.